The second-order valence-corrected chi connectivity index (χ2v) is 7.32. The maximum absolute atomic E-state index is 12.7. The summed E-state index contributed by atoms with van der Waals surface area (Å²) in [5.74, 6) is 1.31. The van der Waals surface area contributed by atoms with Crippen LogP contribution in [0.5, 0.6) is 5.75 Å². The Morgan fingerprint density at radius 3 is 2.52 bits per heavy atom. The number of piperidine rings is 1. The minimum absolute atomic E-state index is 0.0677. The second kappa shape index (κ2) is 8.39. The fraction of sp³-hybridized carbons (Fsp3) is 0.304. The highest BCUT2D eigenvalue weighted by Gasteiger charge is 2.26. The quantitative estimate of drug-likeness (QED) is 0.718. The van der Waals surface area contributed by atoms with Crippen LogP contribution in [0.2, 0.25) is 0 Å². The van der Waals surface area contributed by atoms with Crippen molar-refractivity contribution in [1.82, 2.24) is 10.2 Å². The summed E-state index contributed by atoms with van der Waals surface area (Å²) in [7, 11) is 1.60. The van der Waals surface area contributed by atoms with Gasteiger partial charge in [-0.25, -0.2) is 0 Å². The number of carbonyl (C=O) groups excluding carboxylic acids is 2. The van der Waals surface area contributed by atoms with Crippen molar-refractivity contribution in [2.75, 3.05) is 26.7 Å². The molecule has 2 amide bonds. The normalized spacial score (nSPS) is 14.7. The van der Waals surface area contributed by atoms with E-state index in [0.29, 0.717) is 36.9 Å². The van der Waals surface area contributed by atoms with Crippen LogP contribution in [0, 0.1) is 5.92 Å². The summed E-state index contributed by atoms with van der Waals surface area (Å²) in [4.78, 5) is 26.9. The van der Waals surface area contributed by atoms with Crippen LogP contribution < -0.4 is 10.1 Å². The first-order valence-corrected chi connectivity index (χ1v) is 9.84. The largest absolute Gasteiger partial charge is 0.497 e. The van der Waals surface area contributed by atoms with Crippen molar-refractivity contribution in [2.24, 2.45) is 5.92 Å². The van der Waals surface area contributed by atoms with Gasteiger partial charge in [0.25, 0.3) is 11.8 Å². The first-order chi connectivity index (χ1) is 14.1. The number of likely N-dealkylation sites (tertiary alicyclic amines) is 1. The molecule has 0 unspecified atom stereocenters. The Morgan fingerprint density at radius 1 is 1.10 bits per heavy atom. The minimum Gasteiger partial charge on any atom is -0.497 e. The maximum Gasteiger partial charge on any atom is 0.289 e. The van der Waals surface area contributed by atoms with Crippen LogP contribution in [-0.2, 0) is 0 Å². The van der Waals surface area contributed by atoms with Gasteiger partial charge >= 0.3 is 0 Å². The SMILES string of the molecule is COc1ccc(C(=O)NCC2CCN(C(=O)c3cc4ccccc4o3)CC2)cc1. The number of ether oxygens (including phenoxy) is 1. The Hall–Kier alpha value is -3.28. The monoisotopic (exact) mass is 392 g/mol. The van der Waals surface area contributed by atoms with Gasteiger partial charge in [0.1, 0.15) is 11.3 Å². The van der Waals surface area contributed by atoms with Gasteiger partial charge in [0.2, 0.25) is 0 Å². The third-order valence-corrected chi connectivity index (χ3v) is 5.44. The van der Waals surface area contributed by atoms with E-state index >= 15 is 0 Å². The van der Waals surface area contributed by atoms with E-state index in [9.17, 15) is 9.59 Å². The number of nitrogens with one attached hydrogen (secondary N) is 1. The average Bonchev–Trinajstić information content (AvgIpc) is 3.22. The van der Waals surface area contributed by atoms with Crippen molar-refractivity contribution < 1.29 is 18.7 Å². The van der Waals surface area contributed by atoms with Crippen LogP contribution in [0.25, 0.3) is 11.0 Å². The zero-order valence-electron chi connectivity index (χ0n) is 16.4. The third-order valence-electron chi connectivity index (χ3n) is 5.44. The summed E-state index contributed by atoms with van der Waals surface area (Å²) in [6.45, 7) is 1.94. The molecule has 0 aliphatic carbocycles. The Bertz CT molecular complexity index is 968. The fourth-order valence-electron chi connectivity index (χ4n) is 3.66. The van der Waals surface area contributed by atoms with Crippen LogP contribution in [0.1, 0.15) is 33.8 Å². The molecule has 1 aliphatic rings. The molecule has 6 nitrogen and oxygen atoms in total. The van der Waals surface area contributed by atoms with Gasteiger partial charge in [0.05, 0.1) is 7.11 Å². The first-order valence-electron chi connectivity index (χ1n) is 9.84. The predicted molar refractivity (Wildman–Crippen MR) is 110 cm³/mol. The Morgan fingerprint density at radius 2 is 1.83 bits per heavy atom. The molecule has 2 aromatic carbocycles. The molecule has 0 radical (unpaired) electrons. The molecule has 0 spiro atoms. The topological polar surface area (TPSA) is 71.8 Å². The Balaban J connectivity index is 1.27. The fourth-order valence-corrected chi connectivity index (χ4v) is 3.66. The van der Waals surface area contributed by atoms with Crippen LogP contribution in [0.3, 0.4) is 0 Å². The Kier molecular flexibility index (Phi) is 5.51. The molecule has 6 heteroatoms. The summed E-state index contributed by atoms with van der Waals surface area (Å²) < 4.78 is 10.8. The average molecular weight is 392 g/mol. The minimum atomic E-state index is -0.0894. The number of hydrogen-bond donors (Lipinski definition) is 1. The second-order valence-electron chi connectivity index (χ2n) is 7.32. The van der Waals surface area contributed by atoms with E-state index in [-0.39, 0.29) is 11.8 Å². The highest BCUT2D eigenvalue weighted by atomic mass is 16.5. The summed E-state index contributed by atoms with van der Waals surface area (Å²) >= 11 is 0. The molecule has 150 valence electrons. The van der Waals surface area contributed by atoms with Crippen molar-refractivity contribution in [3.8, 4) is 5.75 Å². The van der Waals surface area contributed by atoms with Crippen molar-refractivity contribution in [3.05, 3.63) is 65.9 Å². The molecular weight excluding hydrogens is 368 g/mol. The van der Waals surface area contributed by atoms with Gasteiger partial charge in [-0.3, -0.25) is 9.59 Å². The molecule has 4 rings (SSSR count). The highest BCUT2D eigenvalue weighted by molar-refractivity contribution is 5.96. The van der Waals surface area contributed by atoms with Crippen LogP contribution in [0.15, 0.2) is 59.0 Å². The molecule has 1 fully saturated rings. The summed E-state index contributed by atoms with van der Waals surface area (Å²) in [6.07, 6.45) is 1.71. The van der Waals surface area contributed by atoms with Crippen LogP contribution in [0.4, 0.5) is 0 Å². The molecule has 0 bridgehead atoms. The number of nitrogens with zero attached hydrogens (tertiary/aromatic N) is 1. The molecule has 3 aromatic rings. The molecule has 0 atom stereocenters. The Labute approximate surface area is 169 Å². The highest BCUT2D eigenvalue weighted by Crippen LogP contribution is 2.23. The summed E-state index contributed by atoms with van der Waals surface area (Å²) in [5, 5.41) is 3.93. The number of methoxy groups -OCH3 is 1. The van der Waals surface area contributed by atoms with Gasteiger partial charge in [0, 0.05) is 30.6 Å². The van der Waals surface area contributed by atoms with Gasteiger partial charge < -0.3 is 19.4 Å². The predicted octanol–water partition coefficient (Wildman–Crippen LogP) is 3.72. The van der Waals surface area contributed by atoms with Crippen LogP contribution >= 0.6 is 0 Å². The summed E-state index contributed by atoms with van der Waals surface area (Å²) in [5.41, 5.74) is 1.34. The van der Waals surface area contributed by atoms with Gasteiger partial charge in [-0.05, 0) is 55.2 Å². The molecule has 1 aliphatic heterocycles. The molecule has 0 saturated carbocycles. The molecule has 29 heavy (non-hydrogen) atoms. The van der Waals surface area contributed by atoms with E-state index in [0.717, 1.165) is 29.6 Å². The molecule has 1 saturated heterocycles. The zero-order chi connectivity index (χ0) is 20.2. The number of rotatable bonds is 5. The molecule has 2 heterocycles. The molecule has 1 N–H and O–H groups in total. The van der Waals surface area contributed by atoms with Gasteiger partial charge in [-0.15, -0.1) is 0 Å². The molecular formula is C23H24N2O4. The lowest BCUT2D eigenvalue weighted by Crippen LogP contribution is -2.41. The van der Waals surface area contributed by atoms with Gasteiger partial charge in [-0.2, -0.15) is 0 Å². The van der Waals surface area contributed by atoms with E-state index in [1.165, 1.54) is 0 Å². The van der Waals surface area contributed by atoms with Crippen molar-refractivity contribution in [1.29, 1.82) is 0 Å². The van der Waals surface area contributed by atoms with Gasteiger partial charge in [0.15, 0.2) is 5.76 Å². The number of furan rings is 1. The number of amides is 2. The third kappa shape index (κ3) is 4.26. The molecule has 1 aromatic heterocycles. The van der Waals surface area contributed by atoms with Crippen molar-refractivity contribution in [2.45, 2.75) is 12.8 Å². The van der Waals surface area contributed by atoms with Gasteiger partial charge in [-0.1, -0.05) is 18.2 Å². The lowest BCUT2D eigenvalue weighted by molar-refractivity contribution is 0.0655. The van der Waals surface area contributed by atoms with E-state index in [2.05, 4.69) is 5.32 Å². The van der Waals surface area contributed by atoms with E-state index in [1.807, 2.05) is 29.2 Å². The van der Waals surface area contributed by atoms with E-state index < -0.39 is 0 Å². The lowest BCUT2D eigenvalue weighted by Gasteiger charge is -2.31. The number of para-hydroxylation sites is 1. The lowest BCUT2D eigenvalue weighted by atomic mass is 9.96. The standard InChI is InChI=1S/C23H24N2O4/c1-28-19-8-6-17(7-9-19)22(26)24-15-16-10-12-25(13-11-16)23(27)21-14-18-4-2-3-5-20(18)29-21/h2-9,14,16H,10-13,15H2,1H3,(H,24,26). The number of fused-ring (bicyclic) bond motifs is 1. The van der Waals surface area contributed by atoms with Crippen molar-refractivity contribution in [3.63, 3.8) is 0 Å². The van der Waals surface area contributed by atoms with Crippen molar-refractivity contribution >= 4 is 22.8 Å². The summed E-state index contributed by atoms with van der Waals surface area (Å²) in [6, 6.07) is 16.5. The number of hydrogen-bond acceptors (Lipinski definition) is 4. The first kappa shape index (κ1) is 19.1. The van der Waals surface area contributed by atoms with E-state index in [4.69, 9.17) is 9.15 Å². The van der Waals surface area contributed by atoms with E-state index in [1.54, 1.807) is 37.4 Å². The zero-order valence-corrected chi connectivity index (χ0v) is 16.4. The van der Waals surface area contributed by atoms with Crippen LogP contribution in [-0.4, -0.2) is 43.5 Å². The smallest absolute Gasteiger partial charge is 0.289 e. The number of carbonyl (C=O) groups is 2. The number of benzene rings is 2. The maximum atomic E-state index is 12.7.